The quantitative estimate of drug-likeness (QED) is 0.500. The highest BCUT2D eigenvalue weighted by molar-refractivity contribution is 7.89. The maximum atomic E-state index is 13.1. The predicted octanol–water partition coefficient (Wildman–Crippen LogP) is 4.34. The highest BCUT2D eigenvalue weighted by Crippen LogP contribution is 2.35. The largest absolute Gasteiger partial charge is 0.493 e. The number of ether oxygens (including phenoxy) is 2. The second-order valence-electron chi connectivity index (χ2n) is 7.75. The van der Waals surface area contributed by atoms with Crippen LogP contribution in [0, 0.1) is 0 Å². The van der Waals surface area contributed by atoms with Crippen molar-refractivity contribution in [3.05, 3.63) is 53.9 Å². The van der Waals surface area contributed by atoms with E-state index in [-0.39, 0.29) is 19.0 Å². The number of alkyl halides is 3. The molecule has 2 heterocycles. The first-order chi connectivity index (χ1) is 16.1. The Morgan fingerprint density at radius 2 is 1.85 bits per heavy atom. The summed E-state index contributed by atoms with van der Waals surface area (Å²) in [6.07, 6.45) is -3.54. The van der Waals surface area contributed by atoms with E-state index in [0.717, 1.165) is 22.5 Å². The van der Waals surface area contributed by atoms with Gasteiger partial charge in [-0.15, -0.1) is 0 Å². The van der Waals surface area contributed by atoms with E-state index < -0.39 is 32.6 Å². The molecule has 0 spiro atoms. The zero-order chi connectivity index (χ0) is 24.5. The lowest BCUT2D eigenvalue weighted by Gasteiger charge is -2.30. The lowest BCUT2D eigenvalue weighted by Crippen LogP contribution is -2.39. The number of sulfonamides is 1. The second-order valence-corrected chi connectivity index (χ2v) is 9.69. The summed E-state index contributed by atoms with van der Waals surface area (Å²) in [6, 6.07) is 8.88. The molecule has 0 saturated carbocycles. The van der Waals surface area contributed by atoms with Gasteiger partial charge in [0, 0.05) is 18.7 Å². The standard InChI is InChI=1S/C22H22F3N3O5S/c1-31-18-9-8-14(11-19(18)32-2)20-26-21(33-27-20)15-5-4-10-28(13-15)34(29,30)17-7-3-6-16(12-17)22(23,24)25/h3,6-9,11-12,15H,4-5,10,13H2,1-2H3/t15-/m1/s1. The molecule has 0 amide bonds. The molecule has 1 atom stereocenters. The molecule has 1 aromatic heterocycles. The maximum absolute atomic E-state index is 13.1. The van der Waals surface area contributed by atoms with Gasteiger partial charge in [-0.2, -0.15) is 22.5 Å². The summed E-state index contributed by atoms with van der Waals surface area (Å²) in [4.78, 5) is 4.02. The van der Waals surface area contributed by atoms with Crippen molar-refractivity contribution >= 4 is 10.0 Å². The minimum Gasteiger partial charge on any atom is -0.493 e. The molecule has 1 aliphatic heterocycles. The molecule has 12 heteroatoms. The highest BCUT2D eigenvalue weighted by atomic mass is 32.2. The second kappa shape index (κ2) is 9.26. The van der Waals surface area contributed by atoms with Crippen molar-refractivity contribution in [2.24, 2.45) is 0 Å². The van der Waals surface area contributed by atoms with Crippen LogP contribution in [0.15, 0.2) is 51.9 Å². The van der Waals surface area contributed by atoms with Gasteiger partial charge in [-0.25, -0.2) is 8.42 Å². The average molecular weight is 497 g/mol. The van der Waals surface area contributed by atoms with Gasteiger partial charge in [-0.1, -0.05) is 11.2 Å². The highest BCUT2D eigenvalue weighted by Gasteiger charge is 2.36. The molecule has 1 saturated heterocycles. The maximum Gasteiger partial charge on any atom is 0.416 e. The number of halogens is 3. The Morgan fingerprint density at radius 3 is 2.56 bits per heavy atom. The van der Waals surface area contributed by atoms with Crippen molar-refractivity contribution in [3.63, 3.8) is 0 Å². The van der Waals surface area contributed by atoms with E-state index in [1.54, 1.807) is 18.2 Å². The van der Waals surface area contributed by atoms with Crippen LogP contribution < -0.4 is 9.47 Å². The lowest BCUT2D eigenvalue weighted by molar-refractivity contribution is -0.137. The Balaban J connectivity index is 1.56. The molecule has 1 aliphatic rings. The Bertz CT molecular complexity index is 1280. The molecule has 4 rings (SSSR count). The van der Waals surface area contributed by atoms with Crippen molar-refractivity contribution in [2.45, 2.75) is 29.8 Å². The minimum absolute atomic E-state index is 0.0200. The first-order valence-electron chi connectivity index (χ1n) is 10.4. The Hall–Kier alpha value is -3.12. The van der Waals surface area contributed by atoms with Crippen LogP contribution in [-0.2, 0) is 16.2 Å². The monoisotopic (exact) mass is 497 g/mol. The molecule has 1 fully saturated rings. The molecule has 0 unspecified atom stereocenters. The summed E-state index contributed by atoms with van der Waals surface area (Å²) in [5.41, 5.74) is -0.393. The van der Waals surface area contributed by atoms with Crippen molar-refractivity contribution in [3.8, 4) is 22.9 Å². The van der Waals surface area contributed by atoms with E-state index in [1.165, 1.54) is 14.2 Å². The van der Waals surface area contributed by atoms with E-state index in [4.69, 9.17) is 14.0 Å². The molecule has 0 bridgehead atoms. The molecular formula is C22H22F3N3O5S. The van der Waals surface area contributed by atoms with E-state index in [0.29, 0.717) is 41.8 Å². The van der Waals surface area contributed by atoms with Crippen LogP contribution >= 0.6 is 0 Å². The Kier molecular flexibility index (Phi) is 6.54. The van der Waals surface area contributed by atoms with Crippen LogP contribution in [0.4, 0.5) is 13.2 Å². The van der Waals surface area contributed by atoms with E-state index in [1.807, 2.05) is 0 Å². The lowest BCUT2D eigenvalue weighted by atomic mass is 10.00. The third-order valence-electron chi connectivity index (χ3n) is 5.62. The number of hydrogen-bond acceptors (Lipinski definition) is 7. The van der Waals surface area contributed by atoms with Gasteiger partial charge in [0.25, 0.3) is 0 Å². The average Bonchev–Trinajstić information content (AvgIpc) is 3.33. The summed E-state index contributed by atoms with van der Waals surface area (Å²) < 4.78 is 82.4. The normalized spacial score (nSPS) is 17.5. The van der Waals surface area contributed by atoms with Crippen molar-refractivity contribution in [2.75, 3.05) is 27.3 Å². The number of benzene rings is 2. The first-order valence-corrected chi connectivity index (χ1v) is 11.8. The van der Waals surface area contributed by atoms with Gasteiger partial charge < -0.3 is 14.0 Å². The van der Waals surface area contributed by atoms with E-state index in [2.05, 4.69) is 10.1 Å². The summed E-state index contributed by atoms with van der Waals surface area (Å²) in [5, 5.41) is 4.00. The van der Waals surface area contributed by atoms with Crippen molar-refractivity contribution < 1.29 is 35.6 Å². The van der Waals surface area contributed by atoms with Crippen molar-refractivity contribution in [1.29, 1.82) is 0 Å². The fraction of sp³-hybridized carbons (Fsp3) is 0.364. The van der Waals surface area contributed by atoms with Gasteiger partial charge in [-0.3, -0.25) is 0 Å². The fourth-order valence-electron chi connectivity index (χ4n) is 3.84. The van der Waals surface area contributed by atoms with Gasteiger partial charge in [0.15, 0.2) is 11.5 Å². The molecule has 8 nitrogen and oxygen atoms in total. The van der Waals surface area contributed by atoms with Crippen LogP contribution in [0.1, 0.15) is 30.2 Å². The van der Waals surface area contributed by atoms with Gasteiger partial charge in [0.1, 0.15) is 0 Å². The van der Waals surface area contributed by atoms with Crippen LogP contribution in [0.2, 0.25) is 0 Å². The minimum atomic E-state index is -4.64. The van der Waals surface area contributed by atoms with Crippen LogP contribution in [0.3, 0.4) is 0 Å². The number of piperidine rings is 1. The van der Waals surface area contributed by atoms with Crippen LogP contribution in [0.5, 0.6) is 11.5 Å². The van der Waals surface area contributed by atoms with Gasteiger partial charge in [-0.05, 0) is 49.2 Å². The molecule has 2 aromatic carbocycles. The summed E-state index contributed by atoms with van der Waals surface area (Å²) in [6.45, 7) is 0.206. The fourth-order valence-corrected chi connectivity index (χ4v) is 5.41. The predicted molar refractivity (Wildman–Crippen MR) is 115 cm³/mol. The zero-order valence-corrected chi connectivity index (χ0v) is 19.2. The van der Waals surface area contributed by atoms with Crippen LogP contribution in [-0.4, -0.2) is 50.2 Å². The zero-order valence-electron chi connectivity index (χ0n) is 18.4. The SMILES string of the molecule is COc1ccc(-c2noc([C@@H]3CCCN(S(=O)(=O)c4cccc(C(F)(F)F)c4)C3)n2)cc1OC. The Morgan fingerprint density at radius 1 is 1.09 bits per heavy atom. The number of rotatable bonds is 6. The smallest absolute Gasteiger partial charge is 0.416 e. The van der Waals surface area contributed by atoms with E-state index >= 15 is 0 Å². The molecule has 34 heavy (non-hydrogen) atoms. The molecule has 0 N–H and O–H groups in total. The van der Waals surface area contributed by atoms with E-state index in [9.17, 15) is 21.6 Å². The molecule has 182 valence electrons. The molecule has 3 aromatic rings. The number of methoxy groups -OCH3 is 2. The van der Waals surface area contributed by atoms with Gasteiger partial charge in [0.05, 0.1) is 30.6 Å². The topological polar surface area (TPSA) is 94.8 Å². The third kappa shape index (κ3) is 4.73. The molecule has 0 radical (unpaired) electrons. The third-order valence-corrected chi connectivity index (χ3v) is 7.48. The summed E-state index contributed by atoms with van der Waals surface area (Å²) in [5.74, 6) is 1.19. The van der Waals surface area contributed by atoms with Crippen LogP contribution in [0.25, 0.3) is 11.4 Å². The van der Waals surface area contributed by atoms with Crippen molar-refractivity contribution in [1.82, 2.24) is 14.4 Å². The van der Waals surface area contributed by atoms with Gasteiger partial charge in [0.2, 0.25) is 21.7 Å². The number of nitrogens with zero attached hydrogens (tertiary/aromatic N) is 3. The Labute approximate surface area is 194 Å². The first kappa shape index (κ1) is 24.0. The number of hydrogen-bond donors (Lipinski definition) is 0. The molecule has 0 aliphatic carbocycles. The summed E-state index contributed by atoms with van der Waals surface area (Å²) in [7, 11) is -1.11. The van der Waals surface area contributed by atoms with Gasteiger partial charge >= 0.3 is 6.18 Å². The summed E-state index contributed by atoms with van der Waals surface area (Å²) >= 11 is 0. The molecular weight excluding hydrogens is 475 g/mol. The number of aromatic nitrogens is 2.